The highest BCUT2D eigenvalue weighted by molar-refractivity contribution is 9.10. The van der Waals surface area contributed by atoms with Crippen LogP contribution in [0.15, 0.2) is 16.6 Å². The monoisotopic (exact) mass is 343 g/mol. The van der Waals surface area contributed by atoms with Crippen LogP contribution in [-0.2, 0) is 0 Å². The first kappa shape index (κ1) is 17.3. The van der Waals surface area contributed by atoms with Crippen LogP contribution >= 0.6 is 15.9 Å². The largest absolute Gasteiger partial charge is 0.496 e. The van der Waals surface area contributed by atoms with Crippen molar-refractivity contribution in [3.63, 3.8) is 0 Å². The minimum absolute atomic E-state index is 0.284. The Hall–Kier alpha value is -0.740. The second-order valence-corrected chi connectivity index (χ2v) is 5.69. The minimum Gasteiger partial charge on any atom is -0.496 e. The van der Waals surface area contributed by atoms with Crippen LogP contribution in [0.4, 0.5) is 0 Å². The second-order valence-electron chi connectivity index (χ2n) is 4.84. The smallest absolute Gasteiger partial charge is 0.133 e. The lowest BCUT2D eigenvalue weighted by Gasteiger charge is -2.28. The van der Waals surface area contributed by atoms with Gasteiger partial charge in [0.1, 0.15) is 11.5 Å². The van der Waals surface area contributed by atoms with E-state index in [1.54, 1.807) is 14.2 Å². The molecule has 0 fully saturated rings. The summed E-state index contributed by atoms with van der Waals surface area (Å²) < 4.78 is 11.9. The van der Waals surface area contributed by atoms with Crippen molar-refractivity contribution in [3.05, 3.63) is 22.2 Å². The summed E-state index contributed by atoms with van der Waals surface area (Å²) >= 11 is 3.52. The summed E-state index contributed by atoms with van der Waals surface area (Å²) in [5.74, 6) is 2.32. The molecular weight excluding hydrogens is 318 g/mol. The number of rotatable bonds is 8. The molecule has 1 aromatic rings. The Morgan fingerprint density at radius 3 is 2.10 bits per heavy atom. The molecule has 20 heavy (non-hydrogen) atoms. The third kappa shape index (κ3) is 3.89. The third-order valence-corrected chi connectivity index (χ3v) is 4.40. The van der Waals surface area contributed by atoms with Gasteiger partial charge in [0.25, 0.3) is 0 Å². The van der Waals surface area contributed by atoms with Gasteiger partial charge in [-0.15, -0.1) is 0 Å². The summed E-state index contributed by atoms with van der Waals surface area (Å²) in [5, 5.41) is 3.60. The average Bonchev–Trinajstić information content (AvgIpc) is 2.47. The number of ether oxygens (including phenoxy) is 2. The molecule has 3 nitrogen and oxygen atoms in total. The van der Waals surface area contributed by atoms with Gasteiger partial charge in [-0.05, 0) is 40.5 Å². The second kappa shape index (κ2) is 8.53. The fraction of sp³-hybridized carbons (Fsp3) is 0.625. The molecule has 0 aromatic heterocycles. The summed E-state index contributed by atoms with van der Waals surface area (Å²) in [4.78, 5) is 0. The lowest BCUT2D eigenvalue weighted by Crippen LogP contribution is -2.28. The van der Waals surface area contributed by atoms with Crippen molar-refractivity contribution in [2.24, 2.45) is 5.92 Å². The van der Waals surface area contributed by atoms with Gasteiger partial charge < -0.3 is 14.8 Å². The van der Waals surface area contributed by atoms with Gasteiger partial charge in [0, 0.05) is 11.6 Å². The van der Waals surface area contributed by atoms with Gasteiger partial charge in [-0.25, -0.2) is 0 Å². The summed E-state index contributed by atoms with van der Waals surface area (Å²) in [6.45, 7) is 7.54. The molecule has 1 unspecified atom stereocenters. The van der Waals surface area contributed by atoms with E-state index in [1.807, 2.05) is 6.07 Å². The van der Waals surface area contributed by atoms with Gasteiger partial charge in [0.15, 0.2) is 0 Å². The summed E-state index contributed by atoms with van der Waals surface area (Å²) in [6.07, 6.45) is 2.27. The van der Waals surface area contributed by atoms with Gasteiger partial charge >= 0.3 is 0 Å². The highest BCUT2D eigenvalue weighted by atomic mass is 79.9. The molecule has 0 bridgehead atoms. The number of hydrogen-bond donors (Lipinski definition) is 1. The van der Waals surface area contributed by atoms with E-state index in [4.69, 9.17) is 9.47 Å². The molecule has 0 heterocycles. The highest BCUT2D eigenvalue weighted by Crippen LogP contribution is 2.39. The lowest BCUT2D eigenvalue weighted by molar-refractivity contribution is 0.327. The highest BCUT2D eigenvalue weighted by Gasteiger charge is 2.24. The first-order chi connectivity index (χ1) is 9.62. The van der Waals surface area contributed by atoms with E-state index in [9.17, 15) is 0 Å². The van der Waals surface area contributed by atoms with Crippen molar-refractivity contribution in [2.75, 3.05) is 20.8 Å². The molecule has 0 aliphatic carbocycles. The van der Waals surface area contributed by atoms with E-state index in [2.05, 4.69) is 48.1 Å². The number of hydrogen-bond acceptors (Lipinski definition) is 3. The van der Waals surface area contributed by atoms with Crippen LogP contribution in [0, 0.1) is 5.92 Å². The predicted molar refractivity (Wildman–Crippen MR) is 87.7 cm³/mol. The Labute approximate surface area is 131 Å². The Bertz CT molecular complexity index is 419. The Morgan fingerprint density at radius 1 is 1.05 bits per heavy atom. The number of methoxy groups -OCH3 is 2. The molecular formula is C16H26BrNO2. The molecule has 0 saturated carbocycles. The SMILES string of the molecule is CCNC(c1cc(OC)c(Br)cc1OC)C(CC)CC. The molecule has 4 heteroatoms. The molecule has 1 N–H and O–H groups in total. The predicted octanol–water partition coefficient (Wildman–Crippen LogP) is 4.55. The van der Waals surface area contributed by atoms with Gasteiger partial charge in [-0.1, -0.05) is 33.6 Å². The zero-order valence-electron chi connectivity index (χ0n) is 13.1. The zero-order valence-corrected chi connectivity index (χ0v) is 14.7. The lowest BCUT2D eigenvalue weighted by atomic mass is 9.88. The Balaban J connectivity index is 3.29. The van der Waals surface area contributed by atoms with Crippen LogP contribution in [-0.4, -0.2) is 20.8 Å². The van der Waals surface area contributed by atoms with Crippen LogP contribution < -0.4 is 14.8 Å². The number of nitrogens with one attached hydrogen (secondary N) is 1. The molecule has 0 saturated heterocycles. The maximum absolute atomic E-state index is 5.57. The van der Waals surface area contributed by atoms with E-state index in [1.165, 1.54) is 5.56 Å². The van der Waals surface area contributed by atoms with E-state index in [0.29, 0.717) is 5.92 Å². The molecule has 114 valence electrons. The van der Waals surface area contributed by atoms with Crippen LogP contribution in [0.3, 0.4) is 0 Å². The number of halogens is 1. The van der Waals surface area contributed by atoms with Crippen molar-refractivity contribution in [3.8, 4) is 11.5 Å². The van der Waals surface area contributed by atoms with E-state index in [0.717, 1.165) is 35.4 Å². The molecule has 0 radical (unpaired) electrons. The molecule has 0 aliphatic rings. The van der Waals surface area contributed by atoms with Crippen molar-refractivity contribution in [1.29, 1.82) is 0 Å². The fourth-order valence-corrected chi connectivity index (χ4v) is 3.12. The number of benzene rings is 1. The summed E-state index contributed by atoms with van der Waals surface area (Å²) in [5.41, 5.74) is 1.17. The maximum Gasteiger partial charge on any atom is 0.133 e. The minimum atomic E-state index is 0.284. The molecule has 0 amide bonds. The molecule has 0 spiro atoms. The molecule has 1 atom stereocenters. The first-order valence-corrected chi connectivity index (χ1v) is 8.06. The van der Waals surface area contributed by atoms with Crippen molar-refractivity contribution < 1.29 is 9.47 Å². The standard InChI is InChI=1S/C16H26BrNO2/c1-6-11(7-2)16(18-8-3)12-9-15(20-5)13(17)10-14(12)19-4/h9-11,16,18H,6-8H2,1-5H3. The third-order valence-electron chi connectivity index (χ3n) is 3.78. The van der Waals surface area contributed by atoms with E-state index >= 15 is 0 Å². The zero-order chi connectivity index (χ0) is 15.1. The quantitative estimate of drug-likeness (QED) is 0.750. The van der Waals surface area contributed by atoms with E-state index in [-0.39, 0.29) is 6.04 Å². The van der Waals surface area contributed by atoms with Crippen LogP contribution in [0.5, 0.6) is 11.5 Å². The maximum atomic E-state index is 5.57. The van der Waals surface area contributed by atoms with Gasteiger partial charge in [0.2, 0.25) is 0 Å². The van der Waals surface area contributed by atoms with Crippen molar-refractivity contribution in [2.45, 2.75) is 39.7 Å². The fourth-order valence-electron chi connectivity index (χ4n) is 2.64. The summed E-state index contributed by atoms with van der Waals surface area (Å²) in [6, 6.07) is 4.35. The van der Waals surface area contributed by atoms with Crippen LogP contribution in [0.2, 0.25) is 0 Å². The van der Waals surface area contributed by atoms with Gasteiger partial charge in [0.05, 0.1) is 18.7 Å². The normalized spacial score (nSPS) is 12.6. The van der Waals surface area contributed by atoms with E-state index < -0.39 is 0 Å². The molecule has 1 aromatic carbocycles. The Kier molecular flexibility index (Phi) is 7.38. The van der Waals surface area contributed by atoms with Crippen molar-refractivity contribution >= 4 is 15.9 Å². The Morgan fingerprint density at radius 2 is 1.65 bits per heavy atom. The summed E-state index contributed by atoms with van der Waals surface area (Å²) in [7, 11) is 3.41. The van der Waals surface area contributed by atoms with Gasteiger partial charge in [-0.3, -0.25) is 0 Å². The topological polar surface area (TPSA) is 30.5 Å². The first-order valence-electron chi connectivity index (χ1n) is 7.27. The van der Waals surface area contributed by atoms with Gasteiger partial charge in [-0.2, -0.15) is 0 Å². The molecule has 0 aliphatic heterocycles. The van der Waals surface area contributed by atoms with Crippen molar-refractivity contribution in [1.82, 2.24) is 5.32 Å². The van der Waals surface area contributed by atoms with Crippen LogP contribution in [0.1, 0.15) is 45.2 Å². The van der Waals surface area contributed by atoms with Crippen LogP contribution in [0.25, 0.3) is 0 Å². The molecule has 1 rings (SSSR count). The average molecular weight is 344 g/mol.